The molecule has 152 valence electrons. The fraction of sp³-hybridized carbons (Fsp3) is 0.227. The Labute approximate surface area is 171 Å². The van der Waals surface area contributed by atoms with Gasteiger partial charge in [-0.25, -0.2) is 8.78 Å². The first-order valence-electron chi connectivity index (χ1n) is 9.71. The van der Waals surface area contributed by atoms with Crippen LogP contribution in [0.2, 0.25) is 0 Å². The second kappa shape index (κ2) is 7.79. The molecule has 1 aliphatic rings. The zero-order valence-corrected chi connectivity index (χ0v) is 16.0. The molecule has 30 heavy (non-hydrogen) atoms. The predicted molar refractivity (Wildman–Crippen MR) is 105 cm³/mol. The van der Waals surface area contributed by atoms with E-state index in [1.54, 1.807) is 6.20 Å². The molecule has 2 aromatic heterocycles. The van der Waals surface area contributed by atoms with Crippen molar-refractivity contribution in [3.8, 4) is 34.1 Å². The number of hydrogen-bond acceptors (Lipinski definition) is 5. The lowest BCUT2D eigenvalue weighted by molar-refractivity contribution is 0.0667. The van der Waals surface area contributed by atoms with Gasteiger partial charge in [0.15, 0.2) is 0 Å². The molecule has 2 aromatic carbocycles. The van der Waals surface area contributed by atoms with E-state index in [1.165, 1.54) is 0 Å². The summed E-state index contributed by atoms with van der Waals surface area (Å²) >= 11 is 0. The molecule has 0 N–H and O–H groups in total. The monoisotopic (exact) mass is 408 g/mol. The van der Waals surface area contributed by atoms with Crippen LogP contribution in [0.1, 0.15) is 18.9 Å². The summed E-state index contributed by atoms with van der Waals surface area (Å²) in [7, 11) is 0. The summed E-state index contributed by atoms with van der Waals surface area (Å²) in [5, 5.41) is 8.48. The molecular formula is C22H18F2N4O2. The second-order valence-electron chi connectivity index (χ2n) is 7.11. The van der Waals surface area contributed by atoms with Gasteiger partial charge in [-0.3, -0.25) is 4.68 Å². The van der Waals surface area contributed by atoms with E-state index in [-0.39, 0.29) is 23.3 Å². The molecule has 4 aromatic rings. The van der Waals surface area contributed by atoms with Crippen LogP contribution in [0.4, 0.5) is 8.78 Å². The molecule has 0 saturated carbocycles. The fourth-order valence-electron chi connectivity index (χ4n) is 3.72. The Kier molecular flexibility index (Phi) is 4.84. The Hall–Kier alpha value is -3.39. The molecule has 1 saturated heterocycles. The zero-order valence-electron chi connectivity index (χ0n) is 16.0. The van der Waals surface area contributed by atoms with Gasteiger partial charge in [-0.1, -0.05) is 35.5 Å². The van der Waals surface area contributed by atoms with E-state index in [0.717, 1.165) is 42.3 Å². The molecule has 3 heterocycles. The highest BCUT2D eigenvalue weighted by Gasteiger charge is 2.26. The Morgan fingerprint density at radius 2 is 1.77 bits per heavy atom. The van der Waals surface area contributed by atoms with E-state index >= 15 is 0 Å². The maximum atomic E-state index is 14.1. The Balaban J connectivity index is 1.61. The van der Waals surface area contributed by atoms with Gasteiger partial charge in [0, 0.05) is 18.8 Å². The third kappa shape index (κ3) is 3.39. The second-order valence-corrected chi connectivity index (χ2v) is 7.11. The van der Waals surface area contributed by atoms with Gasteiger partial charge in [0.25, 0.3) is 5.89 Å². The van der Waals surface area contributed by atoms with Crippen LogP contribution >= 0.6 is 0 Å². The quantitative estimate of drug-likeness (QED) is 0.481. The molecule has 5 rings (SSSR count). The Morgan fingerprint density at radius 1 is 0.967 bits per heavy atom. The van der Waals surface area contributed by atoms with Crippen LogP contribution in [0.15, 0.2) is 59.3 Å². The average molecular weight is 408 g/mol. The average Bonchev–Trinajstić information content (AvgIpc) is 3.44. The van der Waals surface area contributed by atoms with Crippen LogP contribution in [0.5, 0.6) is 0 Å². The maximum Gasteiger partial charge on any atom is 0.262 e. The van der Waals surface area contributed by atoms with E-state index in [4.69, 9.17) is 9.26 Å². The summed E-state index contributed by atoms with van der Waals surface area (Å²) in [6, 6.07) is 13.1. The first-order chi connectivity index (χ1) is 14.7. The minimum absolute atomic E-state index is 0.0140. The topological polar surface area (TPSA) is 66.0 Å². The Morgan fingerprint density at radius 3 is 2.57 bits per heavy atom. The van der Waals surface area contributed by atoms with E-state index in [0.29, 0.717) is 18.8 Å². The van der Waals surface area contributed by atoms with Crippen LogP contribution in [-0.4, -0.2) is 33.1 Å². The highest BCUT2D eigenvalue weighted by Crippen LogP contribution is 2.36. The molecule has 0 atom stereocenters. The van der Waals surface area contributed by atoms with Gasteiger partial charge >= 0.3 is 0 Å². The van der Waals surface area contributed by atoms with E-state index in [9.17, 15) is 8.78 Å². The number of nitrogens with zero attached hydrogens (tertiary/aromatic N) is 4. The number of halogens is 2. The van der Waals surface area contributed by atoms with Crippen LogP contribution in [0.25, 0.3) is 34.1 Å². The third-order valence-corrected chi connectivity index (χ3v) is 5.21. The van der Waals surface area contributed by atoms with Crippen molar-refractivity contribution in [3.63, 3.8) is 0 Å². The molecule has 0 radical (unpaired) electrons. The third-order valence-electron chi connectivity index (χ3n) is 5.21. The van der Waals surface area contributed by atoms with Crippen molar-refractivity contribution in [3.05, 3.63) is 66.4 Å². The van der Waals surface area contributed by atoms with Crippen molar-refractivity contribution in [2.24, 2.45) is 0 Å². The van der Waals surface area contributed by atoms with Crippen molar-refractivity contribution in [1.29, 1.82) is 0 Å². The minimum Gasteiger partial charge on any atom is -0.381 e. The molecule has 6 nitrogen and oxygen atoms in total. The fourth-order valence-corrected chi connectivity index (χ4v) is 3.72. The standard InChI is InChI=1S/C22H18F2N4O2/c23-15-6-7-19(24)17(12-15)21-26-22(30-27-21)18-13-25-28(16-8-10-29-11-9-16)20(18)14-4-2-1-3-5-14/h1-7,12-13,16H,8-11H2. The van der Waals surface area contributed by atoms with Gasteiger partial charge in [0.05, 0.1) is 29.1 Å². The van der Waals surface area contributed by atoms with Crippen molar-refractivity contribution >= 4 is 0 Å². The predicted octanol–water partition coefficient (Wildman–Crippen LogP) is 4.90. The summed E-state index contributed by atoms with van der Waals surface area (Å²) in [4.78, 5) is 4.33. The van der Waals surface area contributed by atoms with Crippen LogP contribution < -0.4 is 0 Å². The van der Waals surface area contributed by atoms with Crippen molar-refractivity contribution in [2.45, 2.75) is 18.9 Å². The summed E-state index contributed by atoms with van der Waals surface area (Å²) in [6.45, 7) is 1.36. The summed E-state index contributed by atoms with van der Waals surface area (Å²) < 4.78 is 40.6. The van der Waals surface area contributed by atoms with E-state index in [1.807, 2.05) is 35.0 Å². The van der Waals surface area contributed by atoms with E-state index in [2.05, 4.69) is 15.2 Å². The first-order valence-corrected chi connectivity index (χ1v) is 9.71. The Bertz CT molecular complexity index is 1170. The number of aromatic nitrogens is 4. The molecule has 1 aliphatic heterocycles. The zero-order chi connectivity index (χ0) is 20.5. The van der Waals surface area contributed by atoms with Gasteiger partial charge < -0.3 is 9.26 Å². The molecule has 0 spiro atoms. The lowest BCUT2D eigenvalue weighted by Crippen LogP contribution is -2.21. The molecule has 0 bridgehead atoms. The molecular weight excluding hydrogens is 390 g/mol. The van der Waals surface area contributed by atoms with Gasteiger partial charge in [0.2, 0.25) is 5.82 Å². The van der Waals surface area contributed by atoms with Gasteiger partial charge in [-0.05, 0) is 31.0 Å². The largest absolute Gasteiger partial charge is 0.381 e. The van der Waals surface area contributed by atoms with Crippen LogP contribution in [0, 0.1) is 11.6 Å². The molecule has 0 unspecified atom stereocenters. The van der Waals surface area contributed by atoms with Gasteiger partial charge in [-0.15, -0.1) is 0 Å². The summed E-state index contributed by atoms with van der Waals surface area (Å²) in [5.74, 6) is -1.01. The maximum absolute atomic E-state index is 14.1. The SMILES string of the molecule is Fc1ccc(F)c(-c2noc(-c3cnn(C4CCOCC4)c3-c3ccccc3)n2)c1. The van der Waals surface area contributed by atoms with Crippen molar-refractivity contribution in [1.82, 2.24) is 19.9 Å². The van der Waals surface area contributed by atoms with Crippen LogP contribution in [0.3, 0.4) is 0 Å². The van der Waals surface area contributed by atoms with Crippen molar-refractivity contribution < 1.29 is 18.0 Å². The van der Waals surface area contributed by atoms with E-state index < -0.39 is 11.6 Å². The highest BCUT2D eigenvalue weighted by molar-refractivity contribution is 5.77. The summed E-state index contributed by atoms with van der Waals surface area (Å²) in [5.41, 5.74) is 2.39. The molecule has 8 heteroatoms. The first kappa shape index (κ1) is 18.6. The number of ether oxygens (including phenoxy) is 1. The number of hydrogen-bond donors (Lipinski definition) is 0. The summed E-state index contributed by atoms with van der Waals surface area (Å²) in [6.07, 6.45) is 3.38. The molecule has 0 amide bonds. The van der Waals surface area contributed by atoms with Crippen molar-refractivity contribution in [2.75, 3.05) is 13.2 Å². The van der Waals surface area contributed by atoms with Gasteiger partial charge in [0.1, 0.15) is 11.6 Å². The number of benzene rings is 2. The molecule has 0 aliphatic carbocycles. The lowest BCUT2D eigenvalue weighted by atomic mass is 10.0. The minimum atomic E-state index is -0.620. The normalized spacial score (nSPS) is 14.9. The lowest BCUT2D eigenvalue weighted by Gasteiger charge is -2.24. The highest BCUT2D eigenvalue weighted by atomic mass is 19.1. The van der Waals surface area contributed by atoms with Crippen LogP contribution in [-0.2, 0) is 4.74 Å². The number of rotatable bonds is 4. The molecule has 1 fully saturated rings. The van der Waals surface area contributed by atoms with Gasteiger partial charge in [-0.2, -0.15) is 10.1 Å². The smallest absolute Gasteiger partial charge is 0.262 e.